The lowest BCUT2D eigenvalue weighted by molar-refractivity contribution is 0.0748. The predicted octanol–water partition coefficient (Wildman–Crippen LogP) is 4.28. The first kappa shape index (κ1) is 17.2. The van der Waals surface area contributed by atoms with Gasteiger partial charge in [-0.05, 0) is 48.7 Å². The molecule has 1 aromatic heterocycles. The molecule has 2 heterocycles. The lowest BCUT2D eigenvalue weighted by Crippen LogP contribution is -2.29. The zero-order valence-electron chi connectivity index (χ0n) is 15.1. The number of carbonyl (C=O) groups excluding carboxylic acids is 1. The second kappa shape index (κ2) is 6.20. The third-order valence-corrected chi connectivity index (χ3v) is 4.91. The van der Waals surface area contributed by atoms with Crippen LogP contribution in [0.4, 0.5) is 4.39 Å². The first-order valence-electron chi connectivity index (χ1n) is 8.67. The highest BCUT2D eigenvalue weighted by atomic mass is 19.1. The molecule has 5 heteroatoms. The molecule has 4 rings (SSSR count). The molecule has 2 aromatic carbocycles. The van der Waals surface area contributed by atoms with Crippen LogP contribution in [0.25, 0.3) is 11.0 Å². The number of carbonyl (C=O) groups is 1. The van der Waals surface area contributed by atoms with Gasteiger partial charge in [0.25, 0.3) is 5.91 Å². The molecule has 0 aliphatic carbocycles. The SMILES string of the molecule is C=CCN1C(=O)c2oc3c(C)cc(C)cc3c(=O)c2C1c1ccc(F)cc1. The van der Waals surface area contributed by atoms with E-state index in [1.54, 1.807) is 24.3 Å². The Labute approximate surface area is 155 Å². The Morgan fingerprint density at radius 1 is 1.19 bits per heavy atom. The molecule has 0 spiro atoms. The molecule has 0 fully saturated rings. The Balaban J connectivity index is 2.05. The van der Waals surface area contributed by atoms with Gasteiger partial charge < -0.3 is 9.32 Å². The minimum atomic E-state index is -0.632. The van der Waals surface area contributed by atoms with E-state index in [4.69, 9.17) is 4.42 Å². The summed E-state index contributed by atoms with van der Waals surface area (Å²) in [5, 5.41) is 0.451. The van der Waals surface area contributed by atoms with Crippen LogP contribution >= 0.6 is 0 Å². The summed E-state index contributed by atoms with van der Waals surface area (Å²) in [5.41, 5.74) is 2.90. The maximum atomic E-state index is 13.4. The minimum Gasteiger partial charge on any atom is -0.450 e. The fourth-order valence-corrected chi connectivity index (χ4v) is 3.79. The summed E-state index contributed by atoms with van der Waals surface area (Å²) in [6.45, 7) is 7.71. The molecule has 1 unspecified atom stereocenters. The molecular weight excluding hydrogens is 345 g/mol. The number of aryl methyl sites for hydroxylation is 2. The van der Waals surface area contributed by atoms with Crippen molar-refractivity contribution in [3.63, 3.8) is 0 Å². The van der Waals surface area contributed by atoms with E-state index in [1.807, 2.05) is 19.9 Å². The number of hydrogen-bond acceptors (Lipinski definition) is 3. The topological polar surface area (TPSA) is 50.5 Å². The summed E-state index contributed by atoms with van der Waals surface area (Å²) in [4.78, 5) is 27.8. The smallest absolute Gasteiger partial charge is 0.291 e. The van der Waals surface area contributed by atoms with Gasteiger partial charge in [0.2, 0.25) is 5.76 Å². The van der Waals surface area contributed by atoms with E-state index in [2.05, 4.69) is 6.58 Å². The van der Waals surface area contributed by atoms with Gasteiger partial charge in [0.15, 0.2) is 5.43 Å². The monoisotopic (exact) mass is 363 g/mol. The molecular formula is C22H18FNO3. The molecule has 0 bridgehead atoms. The van der Waals surface area contributed by atoms with Crippen LogP contribution in [0.15, 0.2) is 58.3 Å². The highest BCUT2D eigenvalue weighted by Crippen LogP contribution is 2.38. The van der Waals surface area contributed by atoms with Crippen LogP contribution in [0.3, 0.4) is 0 Å². The van der Waals surface area contributed by atoms with Crippen molar-refractivity contribution in [2.75, 3.05) is 6.54 Å². The summed E-state index contributed by atoms with van der Waals surface area (Å²) in [7, 11) is 0. The second-order valence-electron chi connectivity index (χ2n) is 6.83. The molecule has 1 amide bonds. The normalized spacial score (nSPS) is 16.0. The third kappa shape index (κ3) is 2.58. The van der Waals surface area contributed by atoms with Crippen molar-refractivity contribution in [3.05, 3.63) is 93.1 Å². The molecule has 0 saturated heterocycles. The average Bonchev–Trinajstić information content (AvgIpc) is 2.90. The minimum absolute atomic E-state index is 0.0515. The first-order valence-corrected chi connectivity index (χ1v) is 8.67. The zero-order valence-corrected chi connectivity index (χ0v) is 15.1. The van der Waals surface area contributed by atoms with Gasteiger partial charge in [0.1, 0.15) is 11.4 Å². The van der Waals surface area contributed by atoms with Crippen LogP contribution in [0, 0.1) is 19.7 Å². The zero-order chi connectivity index (χ0) is 19.3. The van der Waals surface area contributed by atoms with Crippen LogP contribution in [0.1, 0.15) is 38.9 Å². The van der Waals surface area contributed by atoms with E-state index in [9.17, 15) is 14.0 Å². The van der Waals surface area contributed by atoms with Crippen molar-refractivity contribution in [1.29, 1.82) is 0 Å². The second-order valence-corrected chi connectivity index (χ2v) is 6.83. The van der Waals surface area contributed by atoms with Gasteiger partial charge in [-0.1, -0.05) is 24.3 Å². The molecule has 1 aliphatic heterocycles. The van der Waals surface area contributed by atoms with E-state index in [0.29, 0.717) is 22.1 Å². The predicted molar refractivity (Wildman–Crippen MR) is 101 cm³/mol. The lowest BCUT2D eigenvalue weighted by Gasteiger charge is -2.23. The summed E-state index contributed by atoms with van der Waals surface area (Å²) in [5.74, 6) is -0.691. The average molecular weight is 363 g/mol. The summed E-state index contributed by atoms with van der Waals surface area (Å²) < 4.78 is 19.3. The van der Waals surface area contributed by atoms with Gasteiger partial charge in [0, 0.05) is 6.54 Å². The number of halogens is 1. The van der Waals surface area contributed by atoms with Crippen molar-refractivity contribution in [2.45, 2.75) is 19.9 Å². The van der Waals surface area contributed by atoms with E-state index in [0.717, 1.165) is 11.1 Å². The van der Waals surface area contributed by atoms with Crippen LogP contribution in [-0.4, -0.2) is 17.4 Å². The number of amides is 1. The third-order valence-electron chi connectivity index (χ3n) is 4.91. The molecule has 0 radical (unpaired) electrons. The van der Waals surface area contributed by atoms with Gasteiger partial charge in [-0.25, -0.2) is 4.39 Å². The number of rotatable bonds is 3. The molecule has 0 saturated carbocycles. The van der Waals surface area contributed by atoms with Crippen molar-refractivity contribution in [2.24, 2.45) is 0 Å². The highest BCUT2D eigenvalue weighted by Gasteiger charge is 2.42. The largest absolute Gasteiger partial charge is 0.450 e. The van der Waals surface area contributed by atoms with E-state index in [1.165, 1.54) is 17.0 Å². The van der Waals surface area contributed by atoms with Gasteiger partial charge in [-0.2, -0.15) is 0 Å². The fourth-order valence-electron chi connectivity index (χ4n) is 3.79. The van der Waals surface area contributed by atoms with Gasteiger partial charge in [-0.3, -0.25) is 9.59 Å². The molecule has 136 valence electrons. The maximum Gasteiger partial charge on any atom is 0.291 e. The lowest BCUT2D eigenvalue weighted by atomic mass is 9.97. The van der Waals surface area contributed by atoms with Gasteiger partial charge in [0.05, 0.1) is 17.0 Å². The Hall–Kier alpha value is -3.21. The maximum absolute atomic E-state index is 13.4. The molecule has 4 nitrogen and oxygen atoms in total. The number of hydrogen-bond donors (Lipinski definition) is 0. The number of benzene rings is 2. The quantitative estimate of drug-likeness (QED) is 0.653. The molecule has 0 N–H and O–H groups in total. The van der Waals surface area contributed by atoms with Crippen LogP contribution in [-0.2, 0) is 0 Å². The molecule has 3 aromatic rings. The highest BCUT2D eigenvalue weighted by molar-refractivity contribution is 5.99. The van der Waals surface area contributed by atoms with Gasteiger partial charge >= 0.3 is 0 Å². The van der Waals surface area contributed by atoms with E-state index < -0.39 is 6.04 Å². The van der Waals surface area contributed by atoms with Crippen LogP contribution in [0.5, 0.6) is 0 Å². The van der Waals surface area contributed by atoms with Crippen LogP contribution < -0.4 is 5.43 Å². The Morgan fingerprint density at radius 3 is 2.56 bits per heavy atom. The number of fused-ring (bicyclic) bond motifs is 2. The van der Waals surface area contributed by atoms with Crippen molar-refractivity contribution < 1.29 is 13.6 Å². The first-order chi connectivity index (χ1) is 12.9. The van der Waals surface area contributed by atoms with Gasteiger partial charge in [-0.15, -0.1) is 6.58 Å². The summed E-state index contributed by atoms with van der Waals surface area (Å²) >= 11 is 0. The van der Waals surface area contributed by atoms with Crippen molar-refractivity contribution >= 4 is 16.9 Å². The van der Waals surface area contributed by atoms with Crippen molar-refractivity contribution in [1.82, 2.24) is 4.90 Å². The van der Waals surface area contributed by atoms with E-state index in [-0.39, 0.29) is 29.5 Å². The summed E-state index contributed by atoms with van der Waals surface area (Å²) in [6, 6.07) is 8.87. The van der Waals surface area contributed by atoms with E-state index >= 15 is 0 Å². The molecule has 1 atom stereocenters. The fraction of sp³-hybridized carbons (Fsp3) is 0.182. The molecule has 1 aliphatic rings. The Kier molecular flexibility index (Phi) is 3.95. The Bertz CT molecular complexity index is 1140. The van der Waals surface area contributed by atoms with Crippen molar-refractivity contribution in [3.8, 4) is 0 Å². The number of nitrogens with zero attached hydrogens (tertiary/aromatic N) is 1. The standard InChI is InChI=1S/C22H18FNO3/c1-4-9-24-18(14-5-7-15(23)8-6-14)17-19(25)16-11-12(2)10-13(3)20(16)27-21(17)22(24)26/h4-8,10-11,18H,1,9H2,2-3H3. The summed E-state index contributed by atoms with van der Waals surface area (Å²) in [6.07, 6.45) is 1.60. The Morgan fingerprint density at radius 2 is 1.89 bits per heavy atom. The van der Waals surface area contributed by atoms with Crippen LogP contribution in [0.2, 0.25) is 0 Å². The molecule has 27 heavy (non-hydrogen) atoms.